The molecule has 1 amide bonds. The molecule has 2 bridgehead atoms. The Balaban J connectivity index is 0.00000196. The number of nitrogens with one attached hydrogen (secondary N) is 1. The van der Waals surface area contributed by atoms with Crippen molar-refractivity contribution in [1.29, 1.82) is 0 Å². The third kappa shape index (κ3) is 4.32. The van der Waals surface area contributed by atoms with E-state index in [1.165, 1.54) is 12.8 Å². The van der Waals surface area contributed by atoms with Crippen molar-refractivity contribution in [3.8, 4) is 11.5 Å². The molecule has 0 spiro atoms. The molecular formula is C20H22Cl2N2O2. The van der Waals surface area contributed by atoms with Crippen LogP contribution in [0.4, 0.5) is 0 Å². The largest absolute Gasteiger partial charge is 0.457 e. The number of ether oxygens (including phenoxy) is 1. The Morgan fingerprint density at radius 2 is 1.81 bits per heavy atom. The predicted octanol–water partition coefficient (Wildman–Crippen LogP) is 4.52. The van der Waals surface area contributed by atoms with Crippen LogP contribution in [0.1, 0.15) is 29.6 Å². The standard InChI is InChI=1S/C20H21ClN2O2.ClH/c21-15-2-1-3-19(12-15)25-18-8-4-14(5-9-18)20(24)23-11-10-16-6-7-17(13-23)22-16;/h1-5,8-9,12,16-17,22H,6-7,10-11,13H2;1H. The summed E-state index contributed by atoms with van der Waals surface area (Å²) < 4.78 is 5.78. The molecule has 0 radical (unpaired) electrons. The van der Waals surface area contributed by atoms with Crippen molar-refractivity contribution in [3.63, 3.8) is 0 Å². The van der Waals surface area contributed by atoms with Crippen molar-refractivity contribution in [3.05, 3.63) is 59.1 Å². The molecular weight excluding hydrogens is 371 g/mol. The Bertz CT molecular complexity index is 767. The summed E-state index contributed by atoms with van der Waals surface area (Å²) in [4.78, 5) is 14.8. The molecule has 0 saturated carbocycles. The number of fused-ring (bicyclic) bond motifs is 2. The highest BCUT2D eigenvalue weighted by atomic mass is 35.5. The lowest BCUT2D eigenvalue weighted by atomic mass is 10.1. The van der Waals surface area contributed by atoms with Crippen molar-refractivity contribution in [2.75, 3.05) is 13.1 Å². The van der Waals surface area contributed by atoms with Gasteiger partial charge in [-0.05, 0) is 61.7 Å². The third-order valence-corrected chi connectivity index (χ3v) is 5.18. The highest BCUT2D eigenvalue weighted by Crippen LogP contribution is 2.25. The van der Waals surface area contributed by atoms with E-state index in [4.69, 9.17) is 16.3 Å². The van der Waals surface area contributed by atoms with Crippen LogP contribution in [0.15, 0.2) is 48.5 Å². The first-order valence-electron chi connectivity index (χ1n) is 8.76. The molecule has 2 aromatic rings. The zero-order chi connectivity index (χ0) is 17.2. The van der Waals surface area contributed by atoms with Gasteiger partial charge in [0.1, 0.15) is 11.5 Å². The zero-order valence-electron chi connectivity index (χ0n) is 14.4. The minimum absolute atomic E-state index is 0. The number of rotatable bonds is 3. The molecule has 2 fully saturated rings. The van der Waals surface area contributed by atoms with Gasteiger partial charge in [0, 0.05) is 35.8 Å². The van der Waals surface area contributed by atoms with Crippen LogP contribution < -0.4 is 10.1 Å². The van der Waals surface area contributed by atoms with Crippen LogP contribution in [-0.4, -0.2) is 36.0 Å². The second-order valence-electron chi connectivity index (χ2n) is 6.76. The van der Waals surface area contributed by atoms with E-state index in [1.54, 1.807) is 12.1 Å². The summed E-state index contributed by atoms with van der Waals surface area (Å²) in [6.45, 7) is 1.63. The fourth-order valence-corrected chi connectivity index (χ4v) is 3.82. The van der Waals surface area contributed by atoms with Crippen molar-refractivity contribution < 1.29 is 9.53 Å². The maximum absolute atomic E-state index is 12.8. The van der Waals surface area contributed by atoms with Crippen LogP contribution in [0.3, 0.4) is 0 Å². The Morgan fingerprint density at radius 3 is 2.58 bits per heavy atom. The zero-order valence-corrected chi connectivity index (χ0v) is 15.9. The van der Waals surface area contributed by atoms with Crippen molar-refractivity contribution in [1.82, 2.24) is 10.2 Å². The second-order valence-corrected chi connectivity index (χ2v) is 7.20. The van der Waals surface area contributed by atoms with Gasteiger partial charge in [0.25, 0.3) is 5.91 Å². The molecule has 2 heterocycles. The molecule has 1 N–H and O–H groups in total. The van der Waals surface area contributed by atoms with Gasteiger partial charge in [-0.1, -0.05) is 17.7 Å². The first-order chi connectivity index (χ1) is 12.2. The van der Waals surface area contributed by atoms with E-state index in [0.717, 1.165) is 19.5 Å². The lowest BCUT2D eigenvalue weighted by Gasteiger charge is -2.24. The normalized spacial score (nSPS) is 21.7. The quantitative estimate of drug-likeness (QED) is 0.834. The molecule has 2 unspecified atom stereocenters. The number of hydrogen-bond donors (Lipinski definition) is 1. The lowest BCUT2D eigenvalue weighted by molar-refractivity contribution is 0.0748. The highest BCUT2D eigenvalue weighted by molar-refractivity contribution is 6.30. The number of halogens is 2. The fourth-order valence-electron chi connectivity index (χ4n) is 3.64. The van der Waals surface area contributed by atoms with E-state index in [1.807, 2.05) is 41.3 Å². The van der Waals surface area contributed by atoms with E-state index in [-0.39, 0.29) is 18.3 Å². The second kappa shape index (κ2) is 8.30. The summed E-state index contributed by atoms with van der Waals surface area (Å²) in [6, 6.07) is 15.6. The molecule has 0 aromatic heterocycles. The van der Waals surface area contributed by atoms with Gasteiger partial charge in [-0.15, -0.1) is 12.4 Å². The van der Waals surface area contributed by atoms with Crippen molar-refractivity contribution in [2.45, 2.75) is 31.3 Å². The summed E-state index contributed by atoms with van der Waals surface area (Å²) in [7, 11) is 0. The first-order valence-corrected chi connectivity index (χ1v) is 9.14. The Labute approximate surface area is 164 Å². The van der Waals surface area contributed by atoms with Gasteiger partial charge >= 0.3 is 0 Å². The molecule has 6 heteroatoms. The molecule has 138 valence electrons. The summed E-state index contributed by atoms with van der Waals surface area (Å²) in [5.41, 5.74) is 0.705. The Kier molecular flexibility index (Phi) is 6.07. The van der Waals surface area contributed by atoms with Gasteiger partial charge in [-0.25, -0.2) is 0 Å². The Hall–Kier alpha value is -1.75. The summed E-state index contributed by atoms with van der Waals surface area (Å²) in [5.74, 6) is 1.47. The van der Waals surface area contributed by atoms with E-state index in [2.05, 4.69) is 5.32 Å². The summed E-state index contributed by atoms with van der Waals surface area (Å²) in [6.07, 6.45) is 3.45. The molecule has 4 rings (SSSR count). The van der Waals surface area contributed by atoms with Crippen LogP contribution in [0.5, 0.6) is 11.5 Å². The maximum Gasteiger partial charge on any atom is 0.253 e. The predicted molar refractivity (Wildman–Crippen MR) is 106 cm³/mol. The number of carbonyl (C=O) groups excluding carboxylic acids is 1. The molecule has 2 saturated heterocycles. The van der Waals surface area contributed by atoms with E-state index in [0.29, 0.717) is 34.2 Å². The highest BCUT2D eigenvalue weighted by Gasteiger charge is 2.31. The van der Waals surface area contributed by atoms with E-state index >= 15 is 0 Å². The van der Waals surface area contributed by atoms with Crippen LogP contribution in [0.2, 0.25) is 5.02 Å². The van der Waals surface area contributed by atoms with Crippen LogP contribution in [-0.2, 0) is 0 Å². The average Bonchev–Trinajstić information content (AvgIpc) is 2.94. The van der Waals surface area contributed by atoms with Crippen LogP contribution in [0.25, 0.3) is 0 Å². The number of nitrogens with zero attached hydrogens (tertiary/aromatic N) is 1. The van der Waals surface area contributed by atoms with Crippen molar-refractivity contribution in [2.24, 2.45) is 0 Å². The lowest BCUT2D eigenvalue weighted by Crippen LogP contribution is -2.39. The molecule has 2 atom stereocenters. The number of carbonyl (C=O) groups is 1. The first kappa shape index (κ1) is 19.0. The number of hydrogen-bond acceptors (Lipinski definition) is 3. The average molecular weight is 393 g/mol. The molecule has 26 heavy (non-hydrogen) atoms. The molecule has 4 nitrogen and oxygen atoms in total. The third-order valence-electron chi connectivity index (χ3n) is 4.94. The number of likely N-dealkylation sites (tertiary alicyclic amines) is 1. The smallest absolute Gasteiger partial charge is 0.253 e. The molecule has 2 aliphatic rings. The van der Waals surface area contributed by atoms with Crippen LogP contribution in [0, 0.1) is 0 Å². The topological polar surface area (TPSA) is 41.6 Å². The van der Waals surface area contributed by atoms with Crippen molar-refractivity contribution >= 4 is 29.9 Å². The van der Waals surface area contributed by atoms with Gasteiger partial charge in [-0.2, -0.15) is 0 Å². The van der Waals surface area contributed by atoms with Gasteiger partial charge in [-0.3, -0.25) is 4.79 Å². The SMILES string of the molecule is Cl.O=C(c1ccc(Oc2cccc(Cl)c2)cc1)N1CCC2CCC(C1)N2. The molecule has 0 aliphatic carbocycles. The van der Waals surface area contributed by atoms with E-state index in [9.17, 15) is 4.79 Å². The summed E-state index contributed by atoms with van der Waals surface area (Å²) in [5, 5.41) is 4.24. The number of benzene rings is 2. The van der Waals surface area contributed by atoms with Gasteiger partial charge in [0.05, 0.1) is 0 Å². The molecule has 2 aliphatic heterocycles. The van der Waals surface area contributed by atoms with Gasteiger partial charge in [0.15, 0.2) is 0 Å². The fraction of sp³-hybridized carbons (Fsp3) is 0.350. The van der Waals surface area contributed by atoms with E-state index < -0.39 is 0 Å². The molecule has 2 aromatic carbocycles. The Morgan fingerprint density at radius 1 is 1.04 bits per heavy atom. The summed E-state index contributed by atoms with van der Waals surface area (Å²) >= 11 is 5.97. The van der Waals surface area contributed by atoms with Crippen LogP contribution >= 0.6 is 24.0 Å². The minimum atomic E-state index is 0. The minimum Gasteiger partial charge on any atom is -0.457 e. The number of amides is 1. The van der Waals surface area contributed by atoms with Gasteiger partial charge in [0.2, 0.25) is 0 Å². The van der Waals surface area contributed by atoms with Gasteiger partial charge < -0.3 is 15.0 Å². The maximum atomic E-state index is 12.8. The monoisotopic (exact) mass is 392 g/mol.